The van der Waals surface area contributed by atoms with Crippen LogP contribution in [-0.4, -0.2) is 20.9 Å². The SMILES string of the molecule is NC(=O)c1csc(Cc2ncccn2)n1. The lowest BCUT2D eigenvalue weighted by atomic mass is 10.4. The van der Waals surface area contributed by atoms with E-state index in [9.17, 15) is 4.79 Å². The van der Waals surface area contributed by atoms with Gasteiger partial charge in [0.15, 0.2) is 0 Å². The predicted molar refractivity (Wildman–Crippen MR) is 55.5 cm³/mol. The summed E-state index contributed by atoms with van der Waals surface area (Å²) in [4.78, 5) is 23.0. The molecule has 76 valence electrons. The van der Waals surface area contributed by atoms with Crippen LogP contribution in [0.25, 0.3) is 0 Å². The zero-order valence-corrected chi connectivity index (χ0v) is 8.57. The molecule has 2 aromatic heterocycles. The number of nitrogens with zero attached hydrogens (tertiary/aromatic N) is 3. The van der Waals surface area contributed by atoms with Crippen LogP contribution in [0.3, 0.4) is 0 Å². The number of thiazole rings is 1. The summed E-state index contributed by atoms with van der Waals surface area (Å²) in [7, 11) is 0. The van der Waals surface area contributed by atoms with Gasteiger partial charge in [-0.3, -0.25) is 4.79 Å². The standard InChI is InChI=1S/C9H8N4OS/c10-9(14)6-5-15-8(13-6)4-7-11-2-1-3-12-7/h1-3,5H,4H2,(H2,10,14). The highest BCUT2D eigenvalue weighted by molar-refractivity contribution is 7.09. The Labute approximate surface area is 90.0 Å². The number of amides is 1. The number of nitrogens with two attached hydrogens (primary N) is 1. The maximum atomic E-state index is 10.8. The summed E-state index contributed by atoms with van der Waals surface area (Å²) in [5, 5.41) is 2.43. The lowest BCUT2D eigenvalue weighted by Gasteiger charge is -1.93. The number of hydrogen-bond acceptors (Lipinski definition) is 5. The van der Waals surface area contributed by atoms with Crippen LogP contribution in [0.1, 0.15) is 21.3 Å². The zero-order valence-electron chi connectivity index (χ0n) is 7.75. The summed E-state index contributed by atoms with van der Waals surface area (Å²) in [6, 6.07) is 1.75. The lowest BCUT2D eigenvalue weighted by Crippen LogP contribution is -2.11. The average molecular weight is 220 g/mol. The van der Waals surface area contributed by atoms with Crippen molar-refractivity contribution in [2.75, 3.05) is 0 Å². The third-order valence-electron chi connectivity index (χ3n) is 1.73. The molecule has 2 heterocycles. The van der Waals surface area contributed by atoms with Crippen molar-refractivity contribution in [3.8, 4) is 0 Å². The third kappa shape index (κ3) is 2.35. The first-order chi connectivity index (χ1) is 7.25. The normalized spacial score (nSPS) is 10.1. The van der Waals surface area contributed by atoms with Crippen molar-refractivity contribution in [1.29, 1.82) is 0 Å². The molecule has 0 aliphatic heterocycles. The van der Waals surface area contributed by atoms with Gasteiger partial charge in [-0.2, -0.15) is 0 Å². The van der Waals surface area contributed by atoms with Crippen molar-refractivity contribution in [3.63, 3.8) is 0 Å². The zero-order chi connectivity index (χ0) is 10.7. The van der Waals surface area contributed by atoms with Gasteiger partial charge in [-0.05, 0) is 6.07 Å². The van der Waals surface area contributed by atoms with Gasteiger partial charge in [0.1, 0.15) is 16.5 Å². The highest BCUT2D eigenvalue weighted by Crippen LogP contribution is 2.11. The highest BCUT2D eigenvalue weighted by atomic mass is 32.1. The topological polar surface area (TPSA) is 81.8 Å². The molecule has 1 amide bonds. The van der Waals surface area contributed by atoms with Gasteiger partial charge in [0, 0.05) is 17.8 Å². The van der Waals surface area contributed by atoms with Crippen molar-refractivity contribution >= 4 is 17.2 Å². The fraction of sp³-hybridized carbons (Fsp3) is 0.111. The van der Waals surface area contributed by atoms with E-state index in [0.29, 0.717) is 17.9 Å². The minimum Gasteiger partial charge on any atom is -0.364 e. The molecule has 6 heteroatoms. The Balaban J connectivity index is 2.15. The molecule has 0 aliphatic rings. The second kappa shape index (κ2) is 4.14. The van der Waals surface area contributed by atoms with E-state index in [0.717, 1.165) is 5.01 Å². The van der Waals surface area contributed by atoms with E-state index < -0.39 is 5.91 Å². The molecule has 0 aromatic carbocycles. The van der Waals surface area contributed by atoms with Crippen LogP contribution in [0.2, 0.25) is 0 Å². The maximum Gasteiger partial charge on any atom is 0.268 e. The van der Waals surface area contributed by atoms with Crippen molar-refractivity contribution in [2.45, 2.75) is 6.42 Å². The van der Waals surface area contributed by atoms with Gasteiger partial charge in [0.05, 0.1) is 6.42 Å². The molecule has 0 aliphatic carbocycles. The van der Waals surface area contributed by atoms with Crippen LogP contribution in [0, 0.1) is 0 Å². The molecule has 15 heavy (non-hydrogen) atoms. The molecule has 0 saturated carbocycles. The van der Waals surface area contributed by atoms with Gasteiger partial charge in [-0.25, -0.2) is 15.0 Å². The summed E-state index contributed by atoms with van der Waals surface area (Å²) in [5.41, 5.74) is 5.39. The van der Waals surface area contributed by atoms with E-state index in [2.05, 4.69) is 15.0 Å². The predicted octanol–water partition coefficient (Wildman–Crippen LogP) is 0.623. The molecule has 5 nitrogen and oxygen atoms in total. The number of aromatic nitrogens is 3. The Kier molecular flexibility index (Phi) is 2.68. The Morgan fingerprint density at radius 1 is 1.40 bits per heavy atom. The molecule has 0 unspecified atom stereocenters. The highest BCUT2D eigenvalue weighted by Gasteiger charge is 2.07. The lowest BCUT2D eigenvalue weighted by molar-refractivity contribution is 0.0996. The average Bonchev–Trinajstić information content (AvgIpc) is 2.68. The fourth-order valence-electron chi connectivity index (χ4n) is 1.06. The van der Waals surface area contributed by atoms with Gasteiger partial charge < -0.3 is 5.73 Å². The van der Waals surface area contributed by atoms with Crippen LogP contribution >= 0.6 is 11.3 Å². The minimum absolute atomic E-state index is 0.297. The van der Waals surface area contributed by atoms with Crippen LogP contribution < -0.4 is 5.73 Å². The van der Waals surface area contributed by atoms with Gasteiger partial charge >= 0.3 is 0 Å². The Morgan fingerprint density at radius 2 is 2.13 bits per heavy atom. The number of carbonyl (C=O) groups is 1. The van der Waals surface area contributed by atoms with Gasteiger partial charge in [-0.1, -0.05) is 0 Å². The Hall–Kier alpha value is -1.82. The van der Waals surface area contributed by atoms with Gasteiger partial charge in [0.25, 0.3) is 5.91 Å². The summed E-state index contributed by atoms with van der Waals surface area (Å²) in [6.07, 6.45) is 3.87. The first-order valence-electron chi connectivity index (χ1n) is 4.26. The molecule has 0 fully saturated rings. The third-order valence-corrected chi connectivity index (χ3v) is 2.58. The molecule has 0 saturated heterocycles. The van der Waals surface area contributed by atoms with Crippen molar-refractivity contribution in [3.05, 3.63) is 40.4 Å². The quantitative estimate of drug-likeness (QED) is 0.822. The number of primary amides is 1. The summed E-state index contributed by atoms with van der Waals surface area (Å²) in [6.45, 7) is 0. The molecular weight excluding hydrogens is 212 g/mol. The van der Waals surface area contributed by atoms with E-state index in [-0.39, 0.29) is 0 Å². The van der Waals surface area contributed by atoms with Gasteiger partial charge in [0.2, 0.25) is 0 Å². The van der Waals surface area contributed by atoms with Crippen molar-refractivity contribution in [2.24, 2.45) is 5.73 Å². The van der Waals surface area contributed by atoms with E-state index in [1.165, 1.54) is 11.3 Å². The molecular formula is C9H8N4OS. The molecule has 0 atom stereocenters. The van der Waals surface area contributed by atoms with E-state index in [1.54, 1.807) is 23.8 Å². The van der Waals surface area contributed by atoms with Crippen LogP contribution in [-0.2, 0) is 6.42 Å². The summed E-state index contributed by atoms with van der Waals surface area (Å²) in [5.74, 6) is 0.175. The number of rotatable bonds is 3. The van der Waals surface area contributed by atoms with E-state index in [1.807, 2.05) is 0 Å². The Bertz CT molecular complexity index is 468. The van der Waals surface area contributed by atoms with Crippen LogP contribution in [0.5, 0.6) is 0 Å². The monoisotopic (exact) mass is 220 g/mol. The van der Waals surface area contributed by atoms with Gasteiger partial charge in [-0.15, -0.1) is 11.3 Å². The number of hydrogen-bond donors (Lipinski definition) is 1. The fourth-order valence-corrected chi connectivity index (χ4v) is 1.84. The number of carbonyl (C=O) groups excluding carboxylic acids is 1. The first kappa shape index (κ1) is 9.72. The molecule has 0 radical (unpaired) electrons. The molecule has 2 rings (SSSR count). The minimum atomic E-state index is -0.508. The Morgan fingerprint density at radius 3 is 2.73 bits per heavy atom. The van der Waals surface area contributed by atoms with Crippen LogP contribution in [0.15, 0.2) is 23.8 Å². The van der Waals surface area contributed by atoms with E-state index >= 15 is 0 Å². The second-order valence-electron chi connectivity index (χ2n) is 2.83. The van der Waals surface area contributed by atoms with E-state index in [4.69, 9.17) is 5.73 Å². The first-order valence-corrected chi connectivity index (χ1v) is 5.14. The van der Waals surface area contributed by atoms with Crippen LogP contribution in [0.4, 0.5) is 0 Å². The molecule has 0 spiro atoms. The van der Waals surface area contributed by atoms with Crippen molar-refractivity contribution < 1.29 is 4.79 Å². The summed E-state index contributed by atoms with van der Waals surface area (Å²) >= 11 is 1.38. The second-order valence-corrected chi connectivity index (χ2v) is 3.78. The summed E-state index contributed by atoms with van der Waals surface area (Å²) < 4.78 is 0. The van der Waals surface area contributed by atoms with Crippen molar-refractivity contribution in [1.82, 2.24) is 15.0 Å². The molecule has 0 bridgehead atoms. The largest absolute Gasteiger partial charge is 0.364 e. The molecule has 2 N–H and O–H groups in total. The molecule has 2 aromatic rings. The smallest absolute Gasteiger partial charge is 0.268 e. The maximum absolute atomic E-state index is 10.8.